The van der Waals surface area contributed by atoms with Gasteiger partial charge in [0.05, 0.1) is 6.04 Å². The molecule has 0 aliphatic heterocycles. The van der Waals surface area contributed by atoms with Gasteiger partial charge in [0.2, 0.25) is 0 Å². The summed E-state index contributed by atoms with van der Waals surface area (Å²) in [7, 11) is 0. The Bertz CT molecular complexity index is 535. The van der Waals surface area contributed by atoms with Gasteiger partial charge in [0.25, 0.3) is 0 Å². The van der Waals surface area contributed by atoms with Gasteiger partial charge in [-0.15, -0.1) is 5.10 Å². The van der Waals surface area contributed by atoms with Crippen molar-refractivity contribution in [3.05, 3.63) is 30.1 Å². The van der Waals surface area contributed by atoms with Crippen LogP contribution in [0, 0.1) is 0 Å². The van der Waals surface area contributed by atoms with E-state index in [4.69, 9.17) is 16.2 Å². The lowest BCUT2D eigenvalue weighted by molar-refractivity contribution is 0.409. The number of hydrogen-bond acceptors (Lipinski definition) is 5. The van der Waals surface area contributed by atoms with Gasteiger partial charge in [-0.25, -0.2) is 0 Å². The van der Waals surface area contributed by atoms with E-state index in [0.29, 0.717) is 29.8 Å². The van der Waals surface area contributed by atoms with Crippen molar-refractivity contribution in [2.45, 2.75) is 26.4 Å². The number of benzene rings is 1. The molecule has 96 valence electrons. The summed E-state index contributed by atoms with van der Waals surface area (Å²) in [4.78, 5) is 0. The Balaban J connectivity index is 2.29. The zero-order valence-electron chi connectivity index (χ0n) is 10.5. The van der Waals surface area contributed by atoms with Crippen molar-refractivity contribution in [3.8, 4) is 11.8 Å². The van der Waals surface area contributed by atoms with Crippen LogP contribution in [0.5, 0.6) is 11.8 Å². The van der Waals surface area contributed by atoms with Crippen LogP contribution in [0.3, 0.4) is 0 Å². The van der Waals surface area contributed by atoms with Gasteiger partial charge < -0.3 is 16.2 Å². The summed E-state index contributed by atoms with van der Waals surface area (Å²) in [6, 6.07) is 7.41. The zero-order chi connectivity index (χ0) is 13.1. The molecule has 4 N–H and O–H groups in total. The van der Waals surface area contributed by atoms with E-state index in [9.17, 15) is 0 Å². The van der Waals surface area contributed by atoms with Gasteiger partial charge in [0.15, 0.2) is 5.82 Å². The maximum atomic E-state index is 5.82. The standard InChI is InChI=1S/C12H17N5O/c1-3-17-11(8(2)13)15-16-12(17)18-10-6-4-5-9(14)7-10/h4-8H,3,13-14H2,1-2H3/t8-/m1/s1. The minimum atomic E-state index is -0.185. The third kappa shape index (κ3) is 2.43. The van der Waals surface area contributed by atoms with Gasteiger partial charge in [-0.1, -0.05) is 11.2 Å². The third-order valence-corrected chi connectivity index (χ3v) is 2.54. The number of rotatable bonds is 4. The molecular formula is C12H17N5O. The smallest absolute Gasteiger partial charge is 0.322 e. The summed E-state index contributed by atoms with van der Waals surface area (Å²) in [6.07, 6.45) is 0. The first-order chi connectivity index (χ1) is 8.61. The predicted molar refractivity (Wildman–Crippen MR) is 69.2 cm³/mol. The van der Waals surface area contributed by atoms with E-state index < -0.39 is 0 Å². The number of hydrogen-bond donors (Lipinski definition) is 2. The van der Waals surface area contributed by atoms with E-state index in [2.05, 4.69) is 10.2 Å². The Morgan fingerprint density at radius 2 is 2.17 bits per heavy atom. The Kier molecular flexibility index (Phi) is 3.47. The quantitative estimate of drug-likeness (QED) is 0.802. The van der Waals surface area contributed by atoms with Crippen molar-refractivity contribution in [1.82, 2.24) is 14.8 Å². The zero-order valence-corrected chi connectivity index (χ0v) is 10.5. The third-order valence-electron chi connectivity index (χ3n) is 2.54. The maximum Gasteiger partial charge on any atom is 0.322 e. The first-order valence-corrected chi connectivity index (χ1v) is 5.84. The van der Waals surface area contributed by atoms with Crippen LogP contribution in [0.1, 0.15) is 25.7 Å². The molecule has 1 aromatic carbocycles. The van der Waals surface area contributed by atoms with Gasteiger partial charge >= 0.3 is 6.01 Å². The summed E-state index contributed by atoms with van der Waals surface area (Å²) in [5, 5.41) is 8.04. The van der Waals surface area contributed by atoms with Gasteiger partial charge in [-0.3, -0.25) is 4.57 Å². The highest BCUT2D eigenvalue weighted by atomic mass is 16.5. The van der Waals surface area contributed by atoms with E-state index in [1.54, 1.807) is 12.1 Å². The predicted octanol–water partition coefficient (Wildman–Crippen LogP) is 1.69. The van der Waals surface area contributed by atoms with Crippen molar-refractivity contribution in [3.63, 3.8) is 0 Å². The van der Waals surface area contributed by atoms with Crippen molar-refractivity contribution >= 4 is 5.69 Å². The molecule has 0 saturated heterocycles. The molecule has 2 aromatic rings. The molecule has 2 rings (SSSR count). The Morgan fingerprint density at radius 1 is 1.39 bits per heavy atom. The highest BCUT2D eigenvalue weighted by Gasteiger charge is 2.15. The molecular weight excluding hydrogens is 230 g/mol. The fourth-order valence-corrected chi connectivity index (χ4v) is 1.69. The summed E-state index contributed by atoms with van der Waals surface area (Å²) < 4.78 is 7.51. The first kappa shape index (κ1) is 12.4. The molecule has 0 saturated carbocycles. The molecule has 0 bridgehead atoms. The highest BCUT2D eigenvalue weighted by molar-refractivity contribution is 5.44. The van der Waals surface area contributed by atoms with Gasteiger partial charge in [0, 0.05) is 18.3 Å². The summed E-state index contributed by atoms with van der Waals surface area (Å²) >= 11 is 0. The van der Waals surface area contributed by atoms with Gasteiger partial charge in [0.1, 0.15) is 5.75 Å². The van der Waals surface area contributed by atoms with Crippen molar-refractivity contribution < 1.29 is 4.74 Å². The van der Waals surface area contributed by atoms with E-state index in [-0.39, 0.29) is 6.04 Å². The molecule has 1 heterocycles. The summed E-state index contributed by atoms with van der Waals surface area (Å²) in [5.41, 5.74) is 12.2. The molecule has 1 atom stereocenters. The van der Waals surface area contributed by atoms with Crippen LogP contribution in [-0.2, 0) is 6.54 Å². The lowest BCUT2D eigenvalue weighted by atomic mass is 10.3. The van der Waals surface area contributed by atoms with E-state index in [1.807, 2.05) is 30.5 Å². The minimum Gasteiger partial charge on any atom is -0.424 e. The molecule has 6 heteroatoms. The average molecular weight is 247 g/mol. The van der Waals surface area contributed by atoms with E-state index in [0.717, 1.165) is 0 Å². The fraction of sp³-hybridized carbons (Fsp3) is 0.333. The van der Waals surface area contributed by atoms with Crippen LogP contribution in [0.25, 0.3) is 0 Å². The van der Waals surface area contributed by atoms with Gasteiger partial charge in [-0.2, -0.15) is 0 Å². The Hall–Kier alpha value is -2.08. The number of nitrogen functional groups attached to an aromatic ring is 1. The van der Waals surface area contributed by atoms with E-state index in [1.165, 1.54) is 0 Å². The fourth-order valence-electron chi connectivity index (χ4n) is 1.69. The van der Waals surface area contributed by atoms with Crippen LogP contribution in [0.2, 0.25) is 0 Å². The van der Waals surface area contributed by atoms with Crippen LogP contribution < -0.4 is 16.2 Å². The second-order valence-electron chi connectivity index (χ2n) is 4.05. The maximum absolute atomic E-state index is 5.82. The molecule has 0 aliphatic carbocycles. The molecule has 0 radical (unpaired) electrons. The van der Waals surface area contributed by atoms with Crippen LogP contribution in [-0.4, -0.2) is 14.8 Å². The Morgan fingerprint density at radius 3 is 2.78 bits per heavy atom. The monoisotopic (exact) mass is 247 g/mol. The lowest BCUT2D eigenvalue weighted by Crippen LogP contribution is -2.13. The van der Waals surface area contributed by atoms with Crippen LogP contribution in [0.15, 0.2) is 24.3 Å². The number of nitrogens with zero attached hydrogens (tertiary/aromatic N) is 3. The molecule has 0 fully saturated rings. The SMILES string of the molecule is CCn1c(Oc2cccc(N)c2)nnc1[C@@H](C)N. The summed E-state index contributed by atoms with van der Waals surface area (Å²) in [6.45, 7) is 4.55. The molecule has 0 spiro atoms. The molecule has 0 unspecified atom stereocenters. The Labute approximate surface area is 106 Å². The van der Waals surface area contributed by atoms with Crippen molar-refractivity contribution in [1.29, 1.82) is 0 Å². The molecule has 18 heavy (non-hydrogen) atoms. The first-order valence-electron chi connectivity index (χ1n) is 5.84. The highest BCUT2D eigenvalue weighted by Crippen LogP contribution is 2.23. The lowest BCUT2D eigenvalue weighted by Gasteiger charge is -2.10. The molecule has 0 amide bonds. The van der Waals surface area contributed by atoms with Crippen LogP contribution >= 0.6 is 0 Å². The number of ether oxygens (including phenoxy) is 1. The second-order valence-corrected chi connectivity index (χ2v) is 4.05. The molecule has 6 nitrogen and oxygen atoms in total. The number of nitrogens with two attached hydrogens (primary N) is 2. The largest absolute Gasteiger partial charge is 0.424 e. The van der Waals surface area contributed by atoms with Gasteiger partial charge in [-0.05, 0) is 26.0 Å². The van der Waals surface area contributed by atoms with Crippen LogP contribution in [0.4, 0.5) is 5.69 Å². The number of anilines is 1. The normalized spacial score (nSPS) is 12.4. The van der Waals surface area contributed by atoms with Crippen molar-refractivity contribution in [2.24, 2.45) is 5.73 Å². The average Bonchev–Trinajstić information content (AvgIpc) is 2.72. The minimum absolute atomic E-state index is 0.185. The second kappa shape index (κ2) is 5.05. The topological polar surface area (TPSA) is 92.0 Å². The van der Waals surface area contributed by atoms with Crippen molar-refractivity contribution in [2.75, 3.05) is 5.73 Å². The molecule has 0 aliphatic rings. The summed E-state index contributed by atoms with van der Waals surface area (Å²) in [5.74, 6) is 1.34. The van der Waals surface area contributed by atoms with E-state index >= 15 is 0 Å². The molecule has 1 aromatic heterocycles. The number of aromatic nitrogens is 3.